The van der Waals surface area contributed by atoms with Crippen molar-refractivity contribution in [2.75, 3.05) is 13.1 Å². The first kappa shape index (κ1) is 15.3. The highest BCUT2D eigenvalue weighted by atomic mass is 16.4. The van der Waals surface area contributed by atoms with Crippen LogP contribution in [0, 0.1) is 5.41 Å². The van der Waals surface area contributed by atoms with Gasteiger partial charge in [-0.2, -0.15) is 0 Å². The summed E-state index contributed by atoms with van der Waals surface area (Å²) in [5.41, 5.74) is 0.279. The number of carbonyl (C=O) groups excluding carboxylic acids is 1. The number of aliphatic carboxylic acids is 1. The molecule has 1 aromatic rings. The van der Waals surface area contributed by atoms with Gasteiger partial charge in [-0.05, 0) is 37.8 Å². The van der Waals surface area contributed by atoms with Crippen LogP contribution < -0.4 is 0 Å². The summed E-state index contributed by atoms with van der Waals surface area (Å²) in [7, 11) is 0. The summed E-state index contributed by atoms with van der Waals surface area (Å²) in [6.07, 6.45) is 4.77. The normalized spacial score (nSPS) is 17.9. The molecule has 112 valence electrons. The molecule has 0 atom stereocenters. The van der Waals surface area contributed by atoms with Crippen LogP contribution in [0.2, 0.25) is 0 Å². The Morgan fingerprint density at radius 2 is 1.86 bits per heavy atom. The summed E-state index contributed by atoms with van der Waals surface area (Å²) in [6.45, 7) is 2.81. The van der Waals surface area contributed by atoms with Gasteiger partial charge in [0.05, 0.1) is 5.41 Å². The number of amides is 1. The highest BCUT2D eigenvalue weighted by Gasteiger charge is 2.42. The molecule has 0 spiro atoms. The van der Waals surface area contributed by atoms with Gasteiger partial charge >= 0.3 is 5.97 Å². The van der Waals surface area contributed by atoms with Crippen molar-refractivity contribution in [1.82, 2.24) is 4.90 Å². The zero-order valence-electron chi connectivity index (χ0n) is 12.3. The summed E-state index contributed by atoms with van der Waals surface area (Å²) in [5, 5.41) is 9.66. The molecule has 1 saturated heterocycles. The van der Waals surface area contributed by atoms with E-state index in [1.807, 2.05) is 30.3 Å². The Bertz CT molecular complexity index is 528. The Morgan fingerprint density at radius 1 is 1.24 bits per heavy atom. The second-order valence-corrected chi connectivity index (χ2v) is 5.57. The maximum atomic E-state index is 11.8. The molecule has 4 nitrogen and oxygen atoms in total. The van der Waals surface area contributed by atoms with E-state index in [1.165, 1.54) is 6.08 Å². The van der Waals surface area contributed by atoms with E-state index in [-0.39, 0.29) is 5.91 Å². The number of hydrogen-bond donors (Lipinski definition) is 1. The minimum Gasteiger partial charge on any atom is -0.481 e. The van der Waals surface area contributed by atoms with Crippen molar-refractivity contribution in [2.24, 2.45) is 5.41 Å². The average molecular weight is 287 g/mol. The minimum atomic E-state index is -0.760. The number of benzene rings is 1. The summed E-state index contributed by atoms with van der Waals surface area (Å²) in [5.74, 6) is -0.791. The Kier molecular flexibility index (Phi) is 4.78. The third-order valence-electron chi connectivity index (χ3n) is 4.18. The summed E-state index contributed by atoms with van der Waals surface area (Å²) < 4.78 is 0. The molecule has 4 heteroatoms. The van der Waals surface area contributed by atoms with Crippen LogP contribution in [0.5, 0.6) is 0 Å². The highest BCUT2D eigenvalue weighted by molar-refractivity contribution is 5.87. The van der Waals surface area contributed by atoms with Gasteiger partial charge < -0.3 is 10.0 Å². The van der Waals surface area contributed by atoms with Crippen molar-refractivity contribution in [2.45, 2.75) is 26.2 Å². The number of nitrogens with zero attached hydrogens (tertiary/aromatic N) is 1. The molecule has 2 rings (SSSR count). The molecule has 1 aliphatic rings. The molecule has 1 amide bonds. The van der Waals surface area contributed by atoms with E-state index in [1.54, 1.807) is 17.9 Å². The fourth-order valence-electron chi connectivity index (χ4n) is 2.86. The average Bonchev–Trinajstić information content (AvgIpc) is 2.49. The maximum absolute atomic E-state index is 11.8. The zero-order valence-corrected chi connectivity index (χ0v) is 12.3. The van der Waals surface area contributed by atoms with Crippen molar-refractivity contribution in [3.05, 3.63) is 48.0 Å². The van der Waals surface area contributed by atoms with Gasteiger partial charge in [0.2, 0.25) is 5.91 Å². The first-order valence-corrected chi connectivity index (χ1v) is 7.26. The molecule has 0 bridgehead atoms. The van der Waals surface area contributed by atoms with Gasteiger partial charge in [-0.1, -0.05) is 36.4 Å². The lowest BCUT2D eigenvalue weighted by atomic mass is 9.74. The predicted molar refractivity (Wildman–Crippen MR) is 80.8 cm³/mol. The highest BCUT2D eigenvalue weighted by Crippen LogP contribution is 2.35. The first-order chi connectivity index (χ1) is 10.1. The second kappa shape index (κ2) is 6.57. The van der Waals surface area contributed by atoms with E-state index < -0.39 is 11.4 Å². The van der Waals surface area contributed by atoms with Crippen LogP contribution >= 0.6 is 0 Å². The Hall–Kier alpha value is -2.10. The molecule has 1 fully saturated rings. The van der Waals surface area contributed by atoms with Crippen LogP contribution in [0.4, 0.5) is 0 Å². The van der Waals surface area contributed by atoms with E-state index in [9.17, 15) is 14.7 Å². The number of allylic oxidation sites excluding steroid dienone is 1. The Morgan fingerprint density at radius 3 is 2.38 bits per heavy atom. The topological polar surface area (TPSA) is 57.6 Å². The molecular formula is C17H21NO3. The van der Waals surface area contributed by atoms with Gasteiger partial charge in [0.15, 0.2) is 0 Å². The van der Waals surface area contributed by atoms with Gasteiger partial charge in [-0.3, -0.25) is 9.59 Å². The monoisotopic (exact) mass is 287 g/mol. The van der Waals surface area contributed by atoms with Crippen LogP contribution in [0.25, 0.3) is 0 Å². The van der Waals surface area contributed by atoms with E-state index >= 15 is 0 Å². The summed E-state index contributed by atoms with van der Waals surface area (Å²) in [4.78, 5) is 25.3. The first-order valence-electron chi connectivity index (χ1n) is 7.26. The number of hydrogen-bond acceptors (Lipinski definition) is 2. The van der Waals surface area contributed by atoms with Crippen molar-refractivity contribution < 1.29 is 14.7 Å². The number of rotatable bonds is 4. The molecule has 1 aliphatic heterocycles. The SMILES string of the molecule is CC=CC(=O)N1CCC(Cc2ccccc2)(C(=O)O)CC1. The number of carboxylic acids is 1. The van der Waals surface area contributed by atoms with Gasteiger partial charge in [0.1, 0.15) is 0 Å². The Labute approximate surface area is 125 Å². The largest absolute Gasteiger partial charge is 0.481 e. The van der Waals surface area contributed by atoms with E-state index in [0.29, 0.717) is 32.4 Å². The quantitative estimate of drug-likeness (QED) is 0.866. The zero-order chi connectivity index (χ0) is 15.3. The lowest BCUT2D eigenvalue weighted by Gasteiger charge is -2.38. The summed E-state index contributed by atoms with van der Waals surface area (Å²) in [6, 6.07) is 9.70. The van der Waals surface area contributed by atoms with E-state index in [4.69, 9.17) is 0 Å². The lowest BCUT2D eigenvalue weighted by Crippen LogP contribution is -2.47. The molecule has 0 aromatic heterocycles. The third-order valence-corrected chi connectivity index (χ3v) is 4.18. The molecule has 1 N–H and O–H groups in total. The number of piperidine rings is 1. The van der Waals surface area contributed by atoms with Crippen molar-refractivity contribution in [3.63, 3.8) is 0 Å². The molecule has 0 saturated carbocycles. The molecule has 0 unspecified atom stereocenters. The van der Waals surface area contributed by atoms with Gasteiger partial charge in [0.25, 0.3) is 0 Å². The van der Waals surface area contributed by atoms with Crippen LogP contribution in [0.3, 0.4) is 0 Å². The van der Waals surface area contributed by atoms with Crippen LogP contribution in [0.1, 0.15) is 25.3 Å². The van der Waals surface area contributed by atoms with Gasteiger partial charge in [0, 0.05) is 13.1 Å². The van der Waals surface area contributed by atoms with Gasteiger partial charge in [-0.15, -0.1) is 0 Å². The molecule has 21 heavy (non-hydrogen) atoms. The number of carbonyl (C=O) groups is 2. The van der Waals surface area contributed by atoms with Crippen LogP contribution in [0.15, 0.2) is 42.5 Å². The molecule has 0 aliphatic carbocycles. The smallest absolute Gasteiger partial charge is 0.310 e. The van der Waals surface area contributed by atoms with Gasteiger partial charge in [-0.25, -0.2) is 0 Å². The van der Waals surface area contributed by atoms with Crippen molar-refractivity contribution >= 4 is 11.9 Å². The fourth-order valence-corrected chi connectivity index (χ4v) is 2.86. The van der Waals surface area contributed by atoms with Crippen molar-refractivity contribution in [3.8, 4) is 0 Å². The van der Waals surface area contributed by atoms with E-state index in [0.717, 1.165) is 5.56 Å². The lowest BCUT2D eigenvalue weighted by molar-refractivity contribution is -0.153. The third kappa shape index (κ3) is 3.51. The summed E-state index contributed by atoms with van der Waals surface area (Å²) >= 11 is 0. The predicted octanol–water partition coefficient (Wildman–Crippen LogP) is 2.50. The molecule has 1 aromatic carbocycles. The molecule has 1 heterocycles. The molecule has 0 radical (unpaired) electrons. The minimum absolute atomic E-state index is 0.0313. The maximum Gasteiger partial charge on any atom is 0.310 e. The van der Waals surface area contributed by atoms with Crippen LogP contribution in [-0.2, 0) is 16.0 Å². The van der Waals surface area contributed by atoms with E-state index in [2.05, 4.69) is 0 Å². The molecular weight excluding hydrogens is 266 g/mol. The second-order valence-electron chi connectivity index (χ2n) is 5.57. The standard InChI is InChI=1S/C17H21NO3/c1-2-6-15(19)18-11-9-17(10-12-18,16(20)21)13-14-7-4-3-5-8-14/h2-8H,9-13H2,1H3,(H,20,21). The fraction of sp³-hybridized carbons (Fsp3) is 0.412. The number of carboxylic acid groups (broad SMARTS) is 1. The number of likely N-dealkylation sites (tertiary alicyclic amines) is 1. The van der Waals surface area contributed by atoms with Crippen LogP contribution in [-0.4, -0.2) is 35.0 Å². The Balaban J connectivity index is 2.09. The van der Waals surface area contributed by atoms with Crippen molar-refractivity contribution in [1.29, 1.82) is 0 Å².